The molecule has 2 heterocycles. The van der Waals surface area contributed by atoms with Gasteiger partial charge in [-0.1, -0.05) is 6.07 Å². The third-order valence-corrected chi connectivity index (χ3v) is 3.52. The van der Waals surface area contributed by atoms with Crippen LogP contribution in [0.3, 0.4) is 0 Å². The highest BCUT2D eigenvalue weighted by molar-refractivity contribution is 5.97. The zero-order valence-electron chi connectivity index (χ0n) is 12.8. The fourth-order valence-electron chi connectivity index (χ4n) is 2.28. The lowest BCUT2D eigenvalue weighted by Gasteiger charge is -2.03. The molecule has 0 aliphatic heterocycles. The monoisotopic (exact) mass is 326 g/mol. The summed E-state index contributed by atoms with van der Waals surface area (Å²) in [7, 11) is 0. The molecule has 0 radical (unpaired) electrons. The lowest BCUT2D eigenvalue weighted by Crippen LogP contribution is -2.08. The van der Waals surface area contributed by atoms with Gasteiger partial charge in [-0.2, -0.15) is 0 Å². The molecule has 0 N–H and O–H groups in total. The summed E-state index contributed by atoms with van der Waals surface area (Å²) < 4.78 is 19.8. The Balaban J connectivity index is 1.48. The Bertz CT molecular complexity index is 838. The van der Waals surface area contributed by atoms with Gasteiger partial charge < -0.3 is 9.14 Å². The van der Waals surface area contributed by atoms with Gasteiger partial charge in [0.1, 0.15) is 18.1 Å². The van der Waals surface area contributed by atoms with Crippen LogP contribution in [0.5, 0.6) is 0 Å². The minimum atomic E-state index is -0.470. The second-order valence-electron chi connectivity index (χ2n) is 5.29. The number of hydrogen-bond acceptors (Lipinski definition) is 4. The third-order valence-electron chi connectivity index (χ3n) is 3.52. The fourth-order valence-corrected chi connectivity index (χ4v) is 2.28. The van der Waals surface area contributed by atoms with Crippen LogP contribution in [0.4, 0.5) is 4.39 Å². The molecule has 2 aromatic heterocycles. The zero-order chi connectivity index (χ0) is 16.9. The Morgan fingerprint density at radius 2 is 1.88 bits per heavy atom. The van der Waals surface area contributed by atoms with Crippen molar-refractivity contribution in [3.63, 3.8) is 0 Å². The molecule has 0 saturated carbocycles. The van der Waals surface area contributed by atoms with Crippen molar-refractivity contribution < 1.29 is 18.7 Å². The van der Waals surface area contributed by atoms with Crippen LogP contribution in [-0.4, -0.2) is 21.1 Å². The van der Waals surface area contributed by atoms with Crippen LogP contribution in [0, 0.1) is 5.82 Å². The maximum absolute atomic E-state index is 12.8. The number of carbonyl (C=O) groups is 2. The average molecular weight is 326 g/mol. The molecule has 3 aromatic rings. The standard InChI is InChI=1S/C18H15FN2O3/c19-14-6-4-13(5-7-14)16(22)8-9-18(23)24-12-15-11-21-10-2-1-3-17(21)20-15/h1-7,10-11H,8-9,12H2. The van der Waals surface area contributed by atoms with Gasteiger partial charge in [0, 0.05) is 24.4 Å². The number of halogens is 1. The number of carbonyl (C=O) groups excluding carboxylic acids is 2. The predicted octanol–water partition coefficient (Wildman–Crippen LogP) is 3.18. The molecule has 0 bridgehead atoms. The number of imidazole rings is 1. The van der Waals surface area contributed by atoms with E-state index in [0.29, 0.717) is 11.3 Å². The number of benzene rings is 1. The number of esters is 1. The van der Waals surface area contributed by atoms with Crippen LogP contribution in [0.2, 0.25) is 0 Å². The highest BCUT2D eigenvalue weighted by Crippen LogP contribution is 2.09. The lowest BCUT2D eigenvalue weighted by atomic mass is 10.1. The predicted molar refractivity (Wildman–Crippen MR) is 85.0 cm³/mol. The largest absolute Gasteiger partial charge is 0.459 e. The summed E-state index contributed by atoms with van der Waals surface area (Å²) in [6.45, 7) is 0.0608. The molecule has 122 valence electrons. The Morgan fingerprint density at radius 3 is 2.62 bits per heavy atom. The molecule has 0 saturated heterocycles. The van der Waals surface area contributed by atoms with E-state index in [1.165, 1.54) is 24.3 Å². The van der Waals surface area contributed by atoms with Crippen molar-refractivity contribution in [3.8, 4) is 0 Å². The Hall–Kier alpha value is -3.02. The number of ketones is 1. The van der Waals surface area contributed by atoms with Gasteiger partial charge in [0.2, 0.25) is 0 Å². The molecule has 0 spiro atoms. The maximum Gasteiger partial charge on any atom is 0.306 e. The van der Waals surface area contributed by atoms with Crippen molar-refractivity contribution >= 4 is 17.4 Å². The number of ether oxygens (including phenoxy) is 1. The lowest BCUT2D eigenvalue weighted by molar-refractivity contribution is -0.145. The normalized spacial score (nSPS) is 10.7. The Kier molecular flexibility index (Phi) is 4.65. The van der Waals surface area contributed by atoms with Crippen molar-refractivity contribution in [2.75, 3.05) is 0 Å². The first-order valence-corrected chi connectivity index (χ1v) is 7.49. The summed E-state index contributed by atoms with van der Waals surface area (Å²) in [5.74, 6) is -1.10. The molecule has 0 fully saturated rings. The summed E-state index contributed by atoms with van der Waals surface area (Å²) >= 11 is 0. The SMILES string of the molecule is O=C(CCC(=O)c1ccc(F)cc1)OCc1cn2ccccc2n1. The van der Waals surface area contributed by atoms with E-state index in [1.807, 2.05) is 28.8 Å². The van der Waals surface area contributed by atoms with Crippen molar-refractivity contribution in [1.29, 1.82) is 0 Å². The second-order valence-corrected chi connectivity index (χ2v) is 5.29. The van der Waals surface area contributed by atoms with E-state index in [0.717, 1.165) is 5.65 Å². The quantitative estimate of drug-likeness (QED) is 0.515. The van der Waals surface area contributed by atoms with E-state index in [1.54, 1.807) is 6.20 Å². The summed E-state index contributed by atoms with van der Waals surface area (Å²) in [5, 5.41) is 0. The number of aromatic nitrogens is 2. The highest BCUT2D eigenvalue weighted by atomic mass is 19.1. The highest BCUT2D eigenvalue weighted by Gasteiger charge is 2.11. The smallest absolute Gasteiger partial charge is 0.306 e. The van der Waals surface area contributed by atoms with E-state index in [-0.39, 0.29) is 25.2 Å². The molecule has 1 aromatic carbocycles. The van der Waals surface area contributed by atoms with Gasteiger partial charge in [0.25, 0.3) is 0 Å². The molecular weight excluding hydrogens is 311 g/mol. The number of fused-ring (bicyclic) bond motifs is 1. The molecule has 6 heteroatoms. The molecule has 24 heavy (non-hydrogen) atoms. The fraction of sp³-hybridized carbons (Fsp3) is 0.167. The van der Waals surface area contributed by atoms with Crippen LogP contribution in [0.25, 0.3) is 5.65 Å². The van der Waals surface area contributed by atoms with E-state index < -0.39 is 11.8 Å². The molecule has 0 unspecified atom stereocenters. The average Bonchev–Trinajstić information content (AvgIpc) is 3.01. The summed E-state index contributed by atoms with van der Waals surface area (Å²) in [4.78, 5) is 28.0. The first kappa shape index (κ1) is 15.9. The topological polar surface area (TPSA) is 60.7 Å². The van der Waals surface area contributed by atoms with Gasteiger partial charge >= 0.3 is 5.97 Å². The van der Waals surface area contributed by atoms with E-state index >= 15 is 0 Å². The van der Waals surface area contributed by atoms with Gasteiger partial charge in [0.15, 0.2) is 5.78 Å². The van der Waals surface area contributed by atoms with Crippen LogP contribution >= 0.6 is 0 Å². The van der Waals surface area contributed by atoms with Crippen molar-refractivity contribution in [1.82, 2.24) is 9.38 Å². The summed E-state index contributed by atoms with van der Waals surface area (Å²) in [6, 6.07) is 10.8. The molecule has 0 amide bonds. The first-order valence-electron chi connectivity index (χ1n) is 7.49. The van der Waals surface area contributed by atoms with Gasteiger partial charge in [-0.05, 0) is 36.4 Å². The summed E-state index contributed by atoms with van der Waals surface area (Å²) in [5.41, 5.74) is 1.79. The third kappa shape index (κ3) is 3.84. The molecule has 0 aliphatic carbocycles. The van der Waals surface area contributed by atoms with Crippen LogP contribution in [0.15, 0.2) is 54.9 Å². The van der Waals surface area contributed by atoms with Crippen LogP contribution in [-0.2, 0) is 16.1 Å². The molecule has 0 aliphatic rings. The number of hydrogen-bond donors (Lipinski definition) is 0. The van der Waals surface area contributed by atoms with Crippen molar-refractivity contribution in [2.24, 2.45) is 0 Å². The maximum atomic E-state index is 12.8. The molecule has 0 atom stereocenters. The molecule has 5 nitrogen and oxygen atoms in total. The molecule has 3 rings (SSSR count). The van der Waals surface area contributed by atoms with Gasteiger partial charge in [-0.3, -0.25) is 9.59 Å². The van der Waals surface area contributed by atoms with Crippen LogP contribution < -0.4 is 0 Å². The Labute approximate surface area is 137 Å². The van der Waals surface area contributed by atoms with Crippen molar-refractivity contribution in [3.05, 3.63) is 71.9 Å². The number of rotatable bonds is 6. The number of pyridine rings is 1. The summed E-state index contributed by atoms with van der Waals surface area (Å²) in [6.07, 6.45) is 3.64. The van der Waals surface area contributed by atoms with E-state index in [2.05, 4.69) is 4.98 Å². The zero-order valence-corrected chi connectivity index (χ0v) is 12.8. The van der Waals surface area contributed by atoms with Crippen LogP contribution in [0.1, 0.15) is 28.9 Å². The number of Topliss-reactive ketones (excluding diaryl/α,β-unsaturated/α-hetero) is 1. The number of nitrogens with zero attached hydrogens (tertiary/aromatic N) is 2. The van der Waals surface area contributed by atoms with Crippen molar-refractivity contribution in [2.45, 2.75) is 19.4 Å². The Morgan fingerprint density at radius 1 is 1.08 bits per heavy atom. The van der Waals surface area contributed by atoms with E-state index in [4.69, 9.17) is 4.74 Å². The van der Waals surface area contributed by atoms with Gasteiger partial charge in [-0.25, -0.2) is 9.37 Å². The first-order chi connectivity index (χ1) is 11.6. The molecular formula is C18H15FN2O3. The minimum Gasteiger partial charge on any atom is -0.459 e. The van der Waals surface area contributed by atoms with E-state index in [9.17, 15) is 14.0 Å². The van der Waals surface area contributed by atoms with Gasteiger partial charge in [0.05, 0.1) is 12.1 Å². The second kappa shape index (κ2) is 7.04. The minimum absolute atomic E-state index is 0.0234. The van der Waals surface area contributed by atoms with Gasteiger partial charge in [-0.15, -0.1) is 0 Å².